The van der Waals surface area contributed by atoms with E-state index in [1.54, 1.807) is 0 Å². The summed E-state index contributed by atoms with van der Waals surface area (Å²) in [7, 11) is 0. The Labute approximate surface area is 119 Å². The largest absolute Gasteiger partial charge is 0.381 e. The molecule has 1 fully saturated rings. The summed E-state index contributed by atoms with van der Waals surface area (Å²) in [5, 5.41) is 3.47. The molecule has 3 nitrogen and oxygen atoms in total. The van der Waals surface area contributed by atoms with Crippen LogP contribution in [-0.2, 0) is 21.8 Å². The fourth-order valence-corrected chi connectivity index (χ4v) is 2.50. The van der Waals surface area contributed by atoms with Crippen LogP contribution in [0.5, 0.6) is 0 Å². The highest BCUT2D eigenvalue weighted by molar-refractivity contribution is 5.53. The molecule has 0 aliphatic carbocycles. The van der Waals surface area contributed by atoms with Gasteiger partial charge < -0.3 is 14.8 Å². The summed E-state index contributed by atoms with van der Waals surface area (Å²) < 4.78 is 11.5. The van der Waals surface area contributed by atoms with Crippen molar-refractivity contribution in [3.63, 3.8) is 0 Å². The highest BCUT2D eigenvalue weighted by Gasteiger charge is 2.34. The molecule has 1 aliphatic rings. The summed E-state index contributed by atoms with van der Waals surface area (Å²) in [4.78, 5) is 0. The fraction of sp³-hybridized carbons (Fsp3) is 0.294. The predicted octanol–water partition coefficient (Wildman–Crippen LogP) is 3.52. The van der Waals surface area contributed by atoms with Crippen LogP contribution < -0.4 is 5.32 Å². The molecule has 1 N–H and O–H groups in total. The Morgan fingerprint density at radius 3 is 2.35 bits per heavy atom. The average molecular weight is 269 g/mol. The summed E-state index contributed by atoms with van der Waals surface area (Å²) in [6, 6.07) is 18.5. The molecule has 1 saturated heterocycles. The molecule has 0 spiro atoms. The quantitative estimate of drug-likeness (QED) is 0.921. The third-order valence-corrected chi connectivity index (χ3v) is 3.58. The van der Waals surface area contributed by atoms with E-state index in [0.717, 1.165) is 17.8 Å². The smallest absolute Gasteiger partial charge is 0.194 e. The maximum atomic E-state index is 5.76. The van der Waals surface area contributed by atoms with E-state index in [1.807, 2.05) is 37.3 Å². The normalized spacial score (nSPS) is 17.1. The number of nitrogens with one attached hydrogen (secondary N) is 1. The van der Waals surface area contributed by atoms with Crippen molar-refractivity contribution in [2.45, 2.75) is 19.3 Å². The first kappa shape index (κ1) is 13.2. The summed E-state index contributed by atoms with van der Waals surface area (Å²) >= 11 is 0. The second-order valence-electron chi connectivity index (χ2n) is 5.03. The molecule has 104 valence electrons. The minimum atomic E-state index is -0.639. The Morgan fingerprint density at radius 1 is 0.950 bits per heavy atom. The van der Waals surface area contributed by atoms with Crippen molar-refractivity contribution in [3.8, 4) is 0 Å². The highest BCUT2D eigenvalue weighted by atomic mass is 16.7. The lowest BCUT2D eigenvalue weighted by molar-refractivity contribution is -0.149. The van der Waals surface area contributed by atoms with E-state index < -0.39 is 5.79 Å². The van der Waals surface area contributed by atoms with E-state index in [0.29, 0.717) is 13.2 Å². The molecule has 0 radical (unpaired) electrons. The molecule has 3 rings (SSSR count). The van der Waals surface area contributed by atoms with Crippen LogP contribution in [0.25, 0.3) is 0 Å². The van der Waals surface area contributed by atoms with Crippen molar-refractivity contribution in [2.75, 3.05) is 18.5 Å². The Bertz CT molecular complexity index is 562. The second kappa shape index (κ2) is 5.65. The molecule has 0 saturated carbocycles. The number of para-hydroxylation sites is 1. The van der Waals surface area contributed by atoms with Crippen LogP contribution in [0.4, 0.5) is 5.69 Å². The van der Waals surface area contributed by atoms with Gasteiger partial charge >= 0.3 is 0 Å². The molecule has 0 unspecified atom stereocenters. The lowest BCUT2D eigenvalue weighted by Gasteiger charge is -2.25. The van der Waals surface area contributed by atoms with E-state index in [4.69, 9.17) is 9.47 Å². The Hall–Kier alpha value is -1.84. The molecular formula is C17H19NO2. The molecule has 0 atom stereocenters. The molecule has 1 heterocycles. The standard InChI is InChI=1S/C17H19NO2/c1-17(19-11-12-20-17)15-9-5-6-10-16(15)18-13-14-7-3-2-4-8-14/h2-10,18H,11-13H2,1H3. The summed E-state index contributed by atoms with van der Waals surface area (Å²) in [5.74, 6) is -0.639. The predicted molar refractivity (Wildman–Crippen MR) is 79.5 cm³/mol. The van der Waals surface area contributed by atoms with Crippen molar-refractivity contribution in [1.29, 1.82) is 0 Å². The zero-order valence-corrected chi connectivity index (χ0v) is 11.6. The fourth-order valence-electron chi connectivity index (χ4n) is 2.50. The van der Waals surface area contributed by atoms with Gasteiger partial charge in [0.1, 0.15) is 0 Å². The van der Waals surface area contributed by atoms with Crippen LogP contribution in [0.1, 0.15) is 18.1 Å². The van der Waals surface area contributed by atoms with Crippen molar-refractivity contribution in [3.05, 3.63) is 65.7 Å². The average Bonchev–Trinajstić information content (AvgIpc) is 2.94. The van der Waals surface area contributed by atoms with E-state index >= 15 is 0 Å². The van der Waals surface area contributed by atoms with Gasteiger partial charge in [0.05, 0.1) is 13.2 Å². The lowest BCUT2D eigenvalue weighted by Crippen LogP contribution is -2.24. The van der Waals surface area contributed by atoms with Crippen molar-refractivity contribution in [2.24, 2.45) is 0 Å². The monoisotopic (exact) mass is 269 g/mol. The third kappa shape index (κ3) is 2.69. The summed E-state index contributed by atoms with van der Waals surface area (Å²) in [6.45, 7) is 4.05. The van der Waals surface area contributed by atoms with Crippen LogP contribution >= 0.6 is 0 Å². The Morgan fingerprint density at radius 2 is 1.60 bits per heavy atom. The van der Waals surface area contributed by atoms with Gasteiger partial charge in [-0.2, -0.15) is 0 Å². The van der Waals surface area contributed by atoms with E-state index in [-0.39, 0.29) is 0 Å². The van der Waals surface area contributed by atoms with Gasteiger partial charge in [0.2, 0.25) is 0 Å². The SMILES string of the molecule is CC1(c2ccccc2NCc2ccccc2)OCCO1. The van der Waals surface area contributed by atoms with Gasteiger partial charge in [-0.1, -0.05) is 48.5 Å². The first-order valence-corrected chi connectivity index (χ1v) is 6.93. The van der Waals surface area contributed by atoms with Gasteiger partial charge in [-0.3, -0.25) is 0 Å². The minimum Gasteiger partial charge on any atom is -0.381 e. The molecule has 2 aromatic carbocycles. The van der Waals surface area contributed by atoms with Crippen molar-refractivity contribution < 1.29 is 9.47 Å². The van der Waals surface area contributed by atoms with Gasteiger partial charge in [0, 0.05) is 17.8 Å². The van der Waals surface area contributed by atoms with Gasteiger partial charge in [-0.05, 0) is 18.6 Å². The number of ether oxygens (including phenoxy) is 2. The number of anilines is 1. The topological polar surface area (TPSA) is 30.5 Å². The molecule has 0 amide bonds. The molecular weight excluding hydrogens is 250 g/mol. The van der Waals surface area contributed by atoms with E-state index in [2.05, 4.69) is 29.6 Å². The van der Waals surface area contributed by atoms with E-state index in [1.165, 1.54) is 5.56 Å². The molecule has 1 aliphatic heterocycles. The number of hydrogen-bond acceptors (Lipinski definition) is 3. The first-order valence-electron chi connectivity index (χ1n) is 6.93. The zero-order valence-electron chi connectivity index (χ0n) is 11.6. The Balaban J connectivity index is 1.80. The highest BCUT2D eigenvalue weighted by Crippen LogP contribution is 2.35. The van der Waals surface area contributed by atoms with Crippen LogP contribution in [0.3, 0.4) is 0 Å². The van der Waals surface area contributed by atoms with Crippen molar-refractivity contribution >= 4 is 5.69 Å². The van der Waals surface area contributed by atoms with Gasteiger partial charge in [-0.25, -0.2) is 0 Å². The van der Waals surface area contributed by atoms with Gasteiger partial charge in [0.15, 0.2) is 5.79 Å². The van der Waals surface area contributed by atoms with Gasteiger partial charge in [-0.15, -0.1) is 0 Å². The zero-order chi connectivity index (χ0) is 13.8. The molecule has 2 aromatic rings. The molecule has 0 bridgehead atoms. The summed E-state index contributed by atoms with van der Waals surface area (Å²) in [6.07, 6.45) is 0. The Kier molecular flexibility index (Phi) is 3.72. The third-order valence-electron chi connectivity index (χ3n) is 3.58. The molecule has 20 heavy (non-hydrogen) atoms. The summed E-state index contributed by atoms with van der Waals surface area (Å²) in [5.41, 5.74) is 3.36. The second-order valence-corrected chi connectivity index (χ2v) is 5.03. The molecule has 3 heteroatoms. The molecule has 0 aromatic heterocycles. The van der Waals surface area contributed by atoms with Crippen LogP contribution in [0, 0.1) is 0 Å². The number of hydrogen-bond donors (Lipinski definition) is 1. The van der Waals surface area contributed by atoms with Crippen molar-refractivity contribution in [1.82, 2.24) is 0 Å². The van der Waals surface area contributed by atoms with Crippen LogP contribution in [0.2, 0.25) is 0 Å². The number of benzene rings is 2. The first-order chi connectivity index (χ1) is 9.78. The van der Waals surface area contributed by atoms with Crippen LogP contribution in [0.15, 0.2) is 54.6 Å². The van der Waals surface area contributed by atoms with Gasteiger partial charge in [0.25, 0.3) is 0 Å². The van der Waals surface area contributed by atoms with E-state index in [9.17, 15) is 0 Å². The lowest BCUT2D eigenvalue weighted by atomic mass is 10.0. The maximum Gasteiger partial charge on any atom is 0.194 e. The maximum absolute atomic E-state index is 5.76. The minimum absolute atomic E-state index is 0.639. The number of rotatable bonds is 4. The van der Waals surface area contributed by atoms with Crippen LogP contribution in [-0.4, -0.2) is 13.2 Å².